The maximum Gasteiger partial charge on any atom is 0.143 e. The van der Waals surface area contributed by atoms with Gasteiger partial charge in [0.15, 0.2) is 0 Å². The molecule has 3 heteroatoms. The second kappa shape index (κ2) is 4.72. The molecule has 2 aromatic carbocycles. The van der Waals surface area contributed by atoms with Crippen LogP contribution >= 0.6 is 11.8 Å². The zero-order valence-electron chi connectivity index (χ0n) is 9.35. The van der Waals surface area contributed by atoms with Crippen LogP contribution in [0.5, 0.6) is 5.75 Å². The van der Waals surface area contributed by atoms with E-state index in [2.05, 4.69) is 47.8 Å². The Bertz CT molecular complexity index is 513. The summed E-state index contributed by atoms with van der Waals surface area (Å²) in [6.45, 7) is 1.63. The Morgan fingerprint density at radius 1 is 1.00 bits per heavy atom. The summed E-state index contributed by atoms with van der Waals surface area (Å²) in [7, 11) is 0. The molecule has 0 aromatic heterocycles. The molecule has 1 aliphatic rings. The average Bonchev–Trinajstić information content (AvgIpc) is 2.40. The number of anilines is 1. The molecule has 3 rings (SSSR count). The first-order chi connectivity index (χ1) is 8.42. The van der Waals surface area contributed by atoms with Gasteiger partial charge in [0, 0.05) is 16.3 Å². The molecule has 0 radical (unpaired) electrons. The lowest BCUT2D eigenvalue weighted by atomic mass is 10.2. The van der Waals surface area contributed by atoms with E-state index in [-0.39, 0.29) is 0 Å². The van der Waals surface area contributed by atoms with E-state index in [4.69, 9.17) is 4.74 Å². The standard InChI is InChI=1S/C14H13NOS/c1-2-4-11(5-3-1)17-12-6-7-13-14(10-12)16-9-8-15-13/h1-7,10,15H,8-9H2. The highest BCUT2D eigenvalue weighted by Gasteiger charge is 2.10. The summed E-state index contributed by atoms with van der Waals surface area (Å²) in [5.74, 6) is 0.956. The molecule has 0 fully saturated rings. The molecule has 86 valence electrons. The van der Waals surface area contributed by atoms with Gasteiger partial charge in [-0.25, -0.2) is 0 Å². The van der Waals surface area contributed by atoms with Gasteiger partial charge in [0.25, 0.3) is 0 Å². The van der Waals surface area contributed by atoms with Gasteiger partial charge in [0.1, 0.15) is 12.4 Å². The Hall–Kier alpha value is -1.61. The van der Waals surface area contributed by atoms with Crippen LogP contribution < -0.4 is 10.1 Å². The van der Waals surface area contributed by atoms with E-state index in [1.165, 1.54) is 9.79 Å². The van der Waals surface area contributed by atoms with Crippen molar-refractivity contribution in [2.75, 3.05) is 18.5 Å². The number of rotatable bonds is 2. The molecule has 0 amide bonds. The minimum Gasteiger partial charge on any atom is -0.490 e. The molecule has 0 bridgehead atoms. The monoisotopic (exact) mass is 243 g/mol. The maximum atomic E-state index is 5.63. The predicted octanol–water partition coefficient (Wildman–Crippen LogP) is 3.64. The largest absolute Gasteiger partial charge is 0.490 e. The van der Waals surface area contributed by atoms with Crippen LogP contribution in [-0.4, -0.2) is 13.2 Å². The van der Waals surface area contributed by atoms with Gasteiger partial charge >= 0.3 is 0 Å². The summed E-state index contributed by atoms with van der Waals surface area (Å²) in [5, 5.41) is 3.32. The summed E-state index contributed by atoms with van der Waals surface area (Å²) in [4.78, 5) is 2.45. The molecule has 0 saturated heterocycles. The molecule has 0 atom stereocenters. The van der Waals surface area contributed by atoms with Crippen molar-refractivity contribution >= 4 is 17.4 Å². The number of ether oxygens (including phenoxy) is 1. The number of benzene rings is 2. The van der Waals surface area contributed by atoms with Gasteiger partial charge in [-0.1, -0.05) is 30.0 Å². The minimum atomic E-state index is 0.743. The van der Waals surface area contributed by atoms with Gasteiger partial charge in [0.2, 0.25) is 0 Å². The molecule has 1 N–H and O–H groups in total. The average molecular weight is 243 g/mol. The highest BCUT2D eigenvalue weighted by Crippen LogP contribution is 2.35. The fourth-order valence-corrected chi connectivity index (χ4v) is 2.67. The molecule has 0 aliphatic carbocycles. The zero-order chi connectivity index (χ0) is 11.5. The van der Waals surface area contributed by atoms with Gasteiger partial charge in [-0.2, -0.15) is 0 Å². The van der Waals surface area contributed by atoms with Crippen LogP contribution in [-0.2, 0) is 0 Å². The van der Waals surface area contributed by atoms with Crippen molar-refractivity contribution in [2.45, 2.75) is 9.79 Å². The van der Waals surface area contributed by atoms with E-state index in [0.29, 0.717) is 0 Å². The second-order valence-electron chi connectivity index (χ2n) is 3.85. The molecular weight excluding hydrogens is 230 g/mol. The molecule has 2 aromatic rings. The quantitative estimate of drug-likeness (QED) is 0.870. The fraction of sp³-hybridized carbons (Fsp3) is 0.143. The van der Waals surface area contributed by atoms with Gasteiger partial charge in [0.05, 0.1) is 5.69 Å². The van der Waals surface area contributed by atoms with Crippen LogP contribution in [0.2, 0.25) is 0 Å². The Morgan fingerprint density at radius 3 is 2.76 bits per heavy atom. The highest BCUT2D eigenvalue weighted by atomic mass is 32.2. The summed E-state index contributed by atoms with van der Waals surface area (Å²) in [5.41, 5.74) is 1.09. The van der Waals surface area contributed by atoms with Gasteiger partial charge in [-0.15, -0.1) is 0 Å². The molecule has 0 unspecified atom stereocenters. The normalized spacial score (nSPS) is 13.4. The van der Waals surface area contributed by atoms with Crippen molar-refractivity contribution in [2.24, 2.45) is 0 Å². The SMILES string of the molecule is c1ccc(Sc2ccc3c(c2)OCCN3)cc1. The maximum absolute atomic E-state index is 5.63. The van der Waals surface area contributed by atoms with Crippen molar-refractivity contribution < 1.29 is 4.74 Å². The lowest BCUT2D eigenvalue weighted by Gasteiger charge is -2.19. The molecular formula is C14H13NOS. The van der Waals surface area contributed by atoms with E-state index >= 15 is 0 Å². The topological polar surface area (TPSA) is 21.3 Å². The van der Waals surface area contributed by atoms with Crippen LogP contribution in [0.3, 0.4) is 0 Å². The van der Waals surface area contributed by atoms with Crippen molar-refractivity contribution in [3.8, 4) is 5.75 Å². The smallest absolute Gasteiger partial charge is 0.143 e. The molecule has 0 spiro atoms. The summed E-state index contributed by atoms with van der Waals surface area (Å²) in [6, 6.07) is 16.7. The molecule has 1 aliphatic heterocycles. The fourth-order valence-electron chi connectivity index (χ4n) is 1.80. The Balaban J connectivity index is 1.84. The third-order valence-corrected chi connectivity index (χ3v) is 3.60. The Labute approximate surface area is 105 Å². The van der Waals surface area contributed by atoms with Crippen LogP contribution in [0.4, 0.5) is 5.69 Å². The lowest BCUT2D eigenvalue weighted by Crippen LogP contribution is -2.17. The number of hydrogen-bond acceptors (Lipinski definition) is 3. The minimum absolute atomic E-state index is 0.743. The number of nitrogens with one attached hydrogen (secondary N) is 1. The van der Waals surface area contributed by atoms with Gasteiger partial charge in [-0.3, -0.25) is 0 Å². The van der Waals surface area contributed by atoms with E-state index in [1.54, 1.807) is 11.8 Å². The molecule has 0 saturated carbocycles. The predicted molar refractivity (Wildman–Crippen MR) is 71.0 cm³/mol. The van der Waals surface area contributed by atoms with E-state index in [1.807, 2.05) is 6.07 Å². The van der Waals surface area contributed by atoms with E-state index in [9.17, 15) is 0 Å². The molecule has 2 nitrogen and oxygen atoms in total. The summed E-state index contributed by atoms with van der Waals surface area (Å²) < 4.78 is 5.63. The third kappa shape index (κ3) is 2.39. The van der Waals surface area contributed by atoms with Crippen LogP contribution in [0, 0.1) is 0 Å². The highest BCUT2D eigenvalue weighted by molar-refractivity contribution is 7.99. The van der Waals surface area contributed by atoms with Gasteiger partial charge < -0.3 is 10.1 Å². The van der Waals surface area contributed by atoms with E-state index in [0.717, 1.165) is 24.6 Å². The molecule has 1 heterocycles. The van der Waals surface area contributed by atoms with E-state index < -0.39 is 0 Å². The first-order valence-corrected chi connectivity index (χ1v) is 6.47. The first kappa shape index (κ1) is 10.5. The van der Waals surface area contributed by atoms with Crippen molar-refractivity contribution in [1.29, 1.82) is 0 Å². The third-order valence-electron chi connectivity index (χ3n) is 2.61. The van der Waals surface area contributed by atoms with Crippen LogP contribution in [0.1, 0.15) is 0 Å². The Morgan fingerprint density at radius 2 is 1.88 bits per heavy atom. The number of hydrogen-bond donors (Lipinski definition) is 1. The summed E-state index contributed by atoms with van der Waals surface area (Å²) in [6.07, 6.45) is 0. The second-order valence-corrected chi connectivity index (χ2v) is 5.00. The van der Waals surface area contributed by atoms with Crippen LogP contribution in [0.15, 0.2) is 58.3 Å². The van der Waals surface area contributed by atoms with Crippen LogP contribution in [0.25, 0.3) is 0 Å². The first-order valence-electron chi connectivity index (χ1n) is 5.65. The zero-order valence-corrected chi connectivity index (χ0v) is 10.2. The lowest BCUT2D eigenvalue weighted by molar-refractivity contribution is 0.322. The van der Waals surface area contributed by atoms with Crippen molar-refractivity contribution in [3.05, 3.63) is 48.5 Å². The summed E-state index contributed by atoms with van der Waals surface area (Å²) >= 11 is 1.75. The number of fused-ring (bicyclic) bond motifs is 1. The van der Waals surface area contributed by atoms with Crippen molar-refractivity contribution in [1.82, 2.24) is 0 Å². The molecule has 17 heavy (non-hydrogen) atoms. The van der Waals surface area contributed by atoms with Gasteiger partial charge in [-0.05, 0) is 30.3 Å². The Kier molecular flexibility index (Phi) is 2.92. The van der Waals surface area contributed by atoms with Crippen molar-refractivity contribution in [3.63, 3.8) is 0 Å².